The van der Waals surface area contributed by atoms with Crippen LogP contribution in [0.3, 0.4) is 0 Å². The fraction of sp³-hybridized carbons (Fsp3) is 0.727. The second kappa shape index (κ2) is 4.13. The molecule has 0 bridgehead atoms. The summed E-state index contributed by atoms with van der Waals surface area (Å²) < 4.78 is 1.98. The van der Waals surface area contributed by atoms with E-state index in [2.05, 4.69) is 18.9 Å². The maximum Gasteiger partial charge on any atom is 0.0572 e. The molecule has 0 aliphatic carbocycles. The Morgan fingerprint density at radius 1 is 1.57 bits per heavy atom. The Kier molecular flexibility index (Phi) is 3.32. The predicted octanol–water partition coefficient (Wildman–Crippen LogP) is 2.09. The Balaban J connectivity index is 2.65. The molecule has 0 aromatic carbocycles. The normalized spacial score (nSPS) is 14.4. The minimum Gasteiger partial charge on any atom is -0.393 e. The van der Waals surface area contributed by atoms with Crippen molar-refractivity contribution in [2.45, 2.75) is 52.2 Å². The van der Waals surface area contributed by atoms with E-state index in [9.17, 15) is 5.11 Å². The summed E-state index contributed by atoms with van der Waals surface area (Å²) in [6, 6.07) is 0. The molecular formula is C11H20N2O. The summed E-state index contributed by atoms with van der Waals surface area (Å²) in [5, 5.41) is 13.5. The Morgan fingerprint density at radius 2 is 2.21 bits per heavy atom. The number of aryl methyl sites for hydroxylation is 1. The molecule has 0 fully saturated rings. The molecule has 0 saturated carbocycles. The zero-order chi connectivity index (χ0) is 10.8. The van der Waals surface area contributed by atoms with Crippen LogP contribution in [0.5, 0.6) is 0 Å². The van der Waals surface area contributed by atoms with E-state index in [-0.39, 0.29) is 11.6 Å². The maximum absolute atomic E-state index is 9.24. The maximum atomic E-state index is 9.24. The number of aromatic nitrogens is 2. The van der Waals surface area contributed by atoms with Gasteiger partial charge in [0, 0.05) is 6.20 Å². The zero-order valence-corrected chi connectivity index (χ0v) is 9.49. The second-order valence-corrected chi connectivity index (χ2v) is 4.66. The molecule has 0 amide bonds. The van der Waals surface area contributed by atoms with Gasteiger partial charge in [-0.15, -0.1) is 0 Å². The number of nitrogens with zero attached hydrogens (tertiary/aromatic N) is 2. The highest BCUT2D eigenvalue weighted by Gasteiger charge is 2.21. The first-order valence-electron chi connectivity index (χ1n) is 5.11. The van der Waals surface area contributed by atoms with Gasteiger partial charge >= 0.3 is 0 Å². The number of hydrogen-bond acceptors (Lipinski definition) is 2. The first-order valence-corrected chi connectivity index (χ1v) is 5.11. The summed E-state index contributed by atoms with van der Waals surface area (Å²) in [4.78, 5) is 0. The molecule has 80 valence electrons. The number of rotatable bonds is 4. The molecule has 1 heterocycles. The van der Waals surface area contributed by atoms with Crippen LogP contribution in [0.1, 0.15) is 39.2 Å². The van der Waals surface area contributed by atoms with Crippen LogP contribution in [-0.2, 0) is 5.54 Å². The number of hydrogen-bond donors (Lipinski definition) is 1. The molecule has 0 spiro atoms. The first kappa shape index (κ1) is 11.2. The molecule has 1 aromatic heterocycles. The van der Waals surface area contributed by atoms with Crippen molar-refractivity contribution in [3.05, 3.63) is 18.0 Å². The zero-order valence-electron chi connectivity index (χ0n) is 9.49. The van der Waals surface area contributed by atoms with Gasteiger partial charge in [0.1, 0.15) is 0 Å². The van der Waals surface area contributed by atoms with Gasteiger partial charge in [0.25, 0.3) is 0 Å². The molecule has 0 aliphatic rings. The molecular weight excluding hydrogens is 176 g/mol. The molecule has 3 heteroatoms. The van der Waals surface area contributed by atoms with Crippen LogP contribution in [0.25, 0.3) is 0 Å². The minimum atomic E-state index is -0.231. The summed E-state index contributed by atoms with van der Waals surface area (Å²) >= 11 is 0. The highest BCUT2D eigenvalue weighted by molar-refractivity contribution is 5.01. The number of aliphatic hydroxyl groups excluding tert-OH is 1. The van der Waals surface area contributed by atoms with E-state index in [4.69, 9.17) is 0 Å². The van der Waals surface area contributed by atoms with Gasteiger partial charge in [-0.25, -0.2) is 0 Å². The van der Waals surface area contributed by atoms with Gasteiger partial charge in [-0.1, -0.05) is 0 Å². The molecule has 14 heavy (non-hydrogen) atoms. The lowest BCUT2D eigenvalue weighted by Gasteiger charge is -2.26. The second-order valence-electron chi connectivity index (χ2n) is 4.66. The minimum absolute atomic E-state index is 0.00868. The molecule has 3 nitrogen and oxygen atoms in total. The highest BCUT2D eigenvalue weighted by Crippen LogP contribution is 2.21. The summed E-state index contributed by atoms with van der Waals surface area (Å²) in [5.41, 5.74) is 1.17. The molecule has 0 unspecified atom stereocenters. The topological polar surface area (TPSA) is 38.0 Å². The van der Waals surface area contributed by atoms with E-state index in [1.807, 2.05) is 30.9 Å². The van der Waals surface area contributed by atoms with Crippen molar-refractivity contribution in [2.75, 3.05) is 0 Å². The van der Waals surface area contributed by atoms with Gasteiger partial charge in [0.2, 0.25) is 0 Å². The predicted molar refractivity (Wildman–Crippen MR) is 57.2 cm³/mol. The average Bonchev–Trinajstić information content (AvgIpc) is 2.49. The average molecular weight is 196 g/mol. The van der Waals surface area contributed by atoms with Crippen LogP contribution in [-0.4, -0.2) is 21.0 Å². The third-order valence-corrected chi connectivity index (χ3v) is 2.51. The van der Waals surface area contributed by atoms with Crippen LogP contribution < -0.4 is 0 Å². The summed E-state index contributed by atoms with van der Waals surface area (Å²) in [7, 11) is 0. The van der Waals surface area contributed by atoms with Gasteiger partial charge in [-0.2, -0.15) is 5.10 Å². The van der Waals surface area contributed by atoms with Gasteiger partial charge in [-0.3, -0.25) is 4.68 Å². The fourth-order valence-corrected chi connectivity index (χ4v) is 1.42. The molecule has 0 aliphatic heterocycles. The Hall–Kier alpha value is -0.830. The SMILES string of the molecule is Cc1cnn(C(C)(C)CC[C@@H](C)O)c1. The van der Waals surface area contributed by atoms with Crippen molar-refractivity contribution in [3.63, 3.8) is 0 Å². The molecule has 1 rings (SSSR count). The van der Waals surface area contributed by atoms with Crippen molar-refractivity contribution in [1.82, 2.24) is 9.78 Å². The third-order valence-electron chi connectivity index (χ3n) is 2.51. The van der Waals surface area contributed by atoms with Crippen molar-refractivity contribution in [1.29, 1.82) is 0 Å². The molecule has 0 saturated heterocycles. The summed E-state index contributed by atoms with van der Waals surface area (Å²) in [5.74, 6) is 0. The summed E-state index contributed by atoms with van der Waals surface area (Å²) in [6.07, 6.45) is 5.43. The van der Waals surface area contributed by atoms with E-state index < -0.39 is 0 Å². The van der Waals surface area contributed by atoms with Crippen molar-refractivity contribution >= 4 is 0 Å². The third kappa shape index (κ3) is 2.84. The van der Waals surface area contributed by atoms with Crippen LogP contribution in [0.2, 0.25) is 0 Å². The Labute approximate surface area is 85.8 Å². The van der Waals surface area contributed by atoms with E-state index in [1.54, 1.807) is 0 Å². The van der Waals surface area contributed by atoms with Crippen molar-refractivity contribution in [2.24, 2.45) is 0 Å². The van der Waals surface area contributed by atoms with Crippen molar-refractivity contribution in [3.8, 4) is 0 Å². The van der Waals surface area contributed by atoms with Gasteiger partial charge in [0.05, 0.1) is 17.8 Å². The lowest BCUT2D eigenvalue weighted by molar-refractivity contribution is 0.156. The smallest absolute Gasteiger partial charge is 0.0572 e. The Bertz CT molecular complexity index is 289. The van der Waals surface area contributed by atoms with Gasteiger partial charge < -0.3 is 5.11 Å². The summed E-state index contributed by atoms with van der Waals surface area (Å²) in [6.45, 7) is 8.14. The monoisotopic (exact) mass is 196 g/mol. The van der Waals surface area contributed by atoms with Gasteiger partial charge in [0.15, 0.2) is 0 Å². The first-order chi connectivity index (χ1) is 6.42. The largest absolute Gasteiger partial charge is 0.393 e. The van der Waals surface area contributed by atoms with Gasteiger partial charge in [-0.05, 0) is 46.1 Å². The van der Waals surface area contributed by atoms with Crippen LogP contribution in [0, 0.1) is 6.92 Å². The molecule has 1 atom stereocenters. The lowest BCUT2D eigenvalue weighted by atomic mass is 9.97. The Morgan fingerprint density at radius 3 is 2.64 bits per heavy atom. The van der Waals surface area contributed by atoms with Crippen LogP contribution in [0.15, 0.2) is 12.4 Å². The highest BCUT2D eigenvalue weighted by atomic mass is 16.3. The standard InChI is InChI=1S/C11H20N2O/c1-9-7-12-13(8-9)11(3,4)6-5-10(2)14/h7-8,10,14H,5-6H2,1-4H3/t10-/m1/s1. The van der Waals surface area contributed by atoms with E-state index in [1.165, 1.54) is 5.56 Å². The van der Waals surface area contributed by atoms with E-state index >= 15 is 0 Å². The van der Waals surface area contributed by atoms with E-state index in [0.717, 1.165) is 12.8 Å². The van der Waals surface area contributed by atoms with Crippen LogP contribution >= 0.6 is 0 Å². The molecule has 1 N–H and O–H groups in total. The quantitative estimate of drug-likeness (QED) is 0.800. The van der Waals surface area contributed by atoms with Crippen molar-refractivity contribution < 1.29 is 5.11 Å². The molecule has 1 aromatic rings. The lowest BCUT2D eigenvalue weighted by Crippen LogP contribution is -2.27. The van der Waals surface area contributed by atoms with Crippen LogP contribution in [0.4, 0.5) is 0 Å². The molecule has 0 radical (unpaired) electrons. The number of aliphatic hydroxyl groups is 1. The fourth-order valence-electron chi connectivity index (χ4n) is 1.42. The van der Waals surface area contributed by atoms with E-state index in [0.29, 0.717) is 0 Å².